The summed E-state index contributed by atoms with van der Waals surface area (Å²) in [5, 5.41) is 3.94. The summed E-state index contributed by atoms with van der Waals surface area (Å²) in [5.41, 5.74) is 3.87. The molecule has 0 saturated heterocycles. The van der Waals surface area contributed by atoms with Crippen LogP contribution in [0.25, 0.3) is 0 Å². The number of ether oxygens (including phenoxy) is 1. The molecule has 21 heavy (non-hydrogen) atoms. The van der Waals surface area contributed by atoms with E-state index >= 15 is 0 Å². The first-order valence-corrected chi connectivity index (χ1v) is 7.61. The van der Waals surface area contributed by atoms with Crippen molar-refractivity contribution in [3.8, 4) is 5.75 Å². The van der Waals surface area contributed by atoms with Gasteiger partial charge in [-0.25, -0.2) is 5.43 Å². The third-order valence-corrected chi connectivity index (χ3v) is 3.76. The Morgan fingerprint density at radius 1 is 1.24 bits per heavy atom. The Morgan fingerprint density at radius 2 is 2.05 bits per heavy atom. The maximum Gasteiger partial charge on any atom is 0.271 e. The van der Waals surface area contributed by atoms with Crippen molar-refractivity contribution in [2.75, 3.05) is 7.11 Å². The molecule has 0 aliphatic heterocycles. The van der Waals surface area contributed by atoms with Gasteiger partial charge in [0.15, 0.2) is 0 Å². The fourth-order valence-electron chi connectivity index (χ4n) is 1.62. The molecular weight excluding hydrogens is 400 g/mol. The summed E-state index contributed by atoms with van der Waals surface area (Å²) in [5.74, 6) is 0.477. The predicted octanol–water partition coefficient (Wildman–Crippen LogP) is 3.98. The van der Waals surface area contributed by atoms with Gasteiger partial charge in [-0.2, -0.15) is 5.10 Å². The van der Waals surface area contributed by atoms with Gasteiger partial charge >= 0.3 is 0 Å². The van der Waals surface area contributed by atoms with E-state index in [9.17, 15) is 4.79 Å². The highest BCUT2D eigenvalue weighted by Gasteiger charge is 2.04. The number of nitrogens with zero attached hydrogens (tertiary/aromatic N) is 1. The van der Waals surface area contributed by atoms with Gasteiger partial charge in [0.2, 0.25) is 0 Å². The van der Waals surface area contributed by atoms with Crippen LogP contribution in [-0.4, -0.2) is 19.2 Å². The summed E-state index contributed by atoms with van der Waals surface area (Å²) < 4.78 is 6.82. The van der Waals surface area contributed by atoms with Gasteiger partial charge in [-0.3, -0.25) is 4.79 Å². The van der Waals surface area contributed by atoms with E-state index in [2.05, 4.69) is 42.4 Å². The molecule has 0 unspecified atom stereocenters. The van der Waals surface area contributed by atoms with Gasteiger partial charge < -0.3 is 4.74 Å². The van der Waals surface area contributed by atoms with Crippen LogP contribution in [0, 0.1) is 0 Å². The number of nitrogens with one attached hydrogen (secondary N) is 1. The van der Waals surface area contributed by atoms with Crippen molar-refractivity contribution in [1.29, 1.82) is 0 Å². The molecule has 0 heterocycles. The van der Waals surface area contributed by atoms with Crippen molar-refractivity contribution in [3.63, 3.8) is 0 Å². The maximum absolute atomic E-state index is 11.9. The number of benzene rings is 2. The topological polar surface area (TPSA) is 50.7 Å². The zero-order valence-corrected chi connectivity index (χ0v) is 14.3. The number of hydrazone groups is 1. The Bertz CT molecular complexity index is 687. The summed E-state index contributed by atoms with van der Waals surface area (Å²) in [6.07, 6.45) is 1.57. The molecule has 4 nitrogen and oxygen atoms in total. The first kappa shape index (κ1) is 15.7. The largest absolute Gasteiger partial charge is 0.496 e. The summed E-state index contributed by atoms with van der Waals surface area (Å²) in [7, 11) is 1.60. The van der Waals surface area contributed by atoms with Crippen LogP contribution in [0.15, 0.2) is 56.5 Å². The number of hydrogen-bond donors (Lipinski definition) is 1. The Hall–Kier alpha value is -1.66. The van der Waals surface area contributed by atoms with E-state index in [1.807, 2.05) is 24.3 Å². The third-order valence-electron chi connectivity index (χ3n) is 2.64. The van der Waals surface area contributed by atoms with Crippen molar-refractivity contribution >= 4 is 44.0 Å². The number of rotatable bonds is 4. The van der Waals surface area contributed by atoms with Crippen LogP contribution < -0.4 is 10.2 Å². The van der Waals surface area contributed by atoms with E-state index in [0.717, 1.165) is 20.3 Å². The normalized spacial score (nSPS) is 10.6. The van der Waals surface area contributed by atoms with Crippen LogP contribution in [0.1, 0.15) is 15.9 Å². The first-order chi connectivity index (χ1) is 10.1. The highest BCUT2D eigenvalue weighted by molar-refractivity contribution is 9.10. The summed E-state index contributed by atoms with van der Waals surface area (Å²) in [6.45, 7) is 0. The molecule has 1 N–H and O–H groups in total. The lowest BCUT2D eigenvalue weighted by Crippen LogP contribution is -2.17. The second-order valence-corrected chi connectivity index (χ2v) is 5.87. The lowest BCUT2D eigenvalue weighted by molar-refractivity contribution is 0.0955. The van der Waals surface area contributed by atoms with Crippen LogP contribution in [0.2, 0.25) is 0 Å². The summed E-state index contributed by atoms with van der Waals surface area (Å²) >= 11 is 6.71. The van der Waals surface area contributed by atoms with Gasteiger partial charge in [-0.1, -0.05) is 22.0 Å². The molecule has 108 valence electrons. The number of carbonyl (C=O) groups excluding carboxylic acids is 1. The molecule has 0 bridgehead atoms. The number of halogens is 2. The smallest absolute Gasteiger partial charge is 0.271 e. The minimum absolute atomic E-state index is 0.264. The molecule has 0 aliphatic rings. The number of amides is 1. The maximum atomic E-state index is 11.9. The average molecular weight is 412 g/mol. The second-order valence-electron chi connectivity index (χ2n) is 4.10. The highest BCUT2D eigenvalue weighted by atomic mass is 79.9. The van der Waals surface area contributed by atoms with Crippen LogP contribution in [-0.2, 0) is 0 Å². The Kier molecular flexibility index (Phi) is 5.52. The van der Waals surface area contributed by atoms with E-state index in [4.69, 9.17) is 4.74 Å². The molecule has 0 atom stereocenters. The van der Waals surface area contributed by atoms with Crippen LogP contribution in [0.5, 0.6) is 5.75 Å². The van der Waals surface area contributed by atoms with Crippen LogP contribution in [0.4, 0.5) is 0 Å². The molecule has 2 aromatic carbocycles. The number of carbonyl (C=O) groups is 1. The predicted molar refractivity (Wildman–Crippen MR) is 89.9 cm³/mol. The van der Waals surface area contributed by atoms with E-state index in [1.54, 1.807) is 31.5 Å². The van der Waals surface area contributed by atoms with E-state index in [-0.39, 0.29) is 5.91 Å². The molecule has 0 aliphatic carbocycles. The number of methoxy groups -OCH3 is 1. The van der Waals surface area contributed by atoms with E-state index < -0.39 is 0 Å². The molecule has 2 rings (SSSR count). The molecular formula is C15H12Br2N2O2. The molecule has 0 radical (unpaired) electrons. The van der Waals surface area contributed by atoms with Gasteiger partial charge in [0, 0.05) is 10.0 Å². The van der Waals surface area contributed by atoms with Gasteiger partial charge in [-0.05, 0) is 57.9 Å². The Balaban J connectivity index is 2.02. The van der Waals surface area contributed by atoms with E-state index in [0.29, 0.717) is 5.56 Å². The molecule has 0 spiro atoms. The Morgan fingerprint density at radius 3 is 2.71 bits per heavy atom. The molecule has 0 aromatic heterocycles. The molecule has 0 saturated carbocycles. The summed E-state index contributed by atoms with van der Waals surface area (Å²) in [6, 6.07) is 12.6. The van der Waals surface area contributed by atoms with Gasteiger partial charge in [-0.15, -0.1) is 0 Å². The Labute approximate surface area is 139 Å². The van der Waals surface area contributed by atoms with Crippen LogP contribution in [0.3, 0.4) is 0 Å². The van der Waals surface area contributed by atoms with Crippen molar-refractivity contribution in [2.45, 2.75) is 0 Å². The van der Waals surface area contributed by atoms with Crippen molar-refractivity contribution in [1.82, 2.24) is 5.43 Å². The SMILES string of the molecule is COc1ccc(C=NNC(=O)c2cccc(Br)c2)cc1Br. The minimum atomic E-state index is -0.264. The first-order valence-electron chi connectivity index (χ1n) is 6.02. The average Bonchev–Trinajstić information content (AvgIpc) is 2.47. The van der Waals surface area contributed by atoms with Crippen molar-refractivity contribution in [2.24, 2.45) is 5.10 Å². The fraction of sp³-hybridized carbons (Fsp3) is 0.0667. The van der Waals surface area contributed by atoms with Gasteiger partial charge in [0.05, 0.1) is 17.8 Å². The van der Waals surface area contributed by atoms with E-state index in [1.165, 1.54) is 0 Å². The van der Waals surface area contributed by atoms with Crippen LogP contribution >= 0.6 is 31.9 Å². The minimum Gasteiger partial charge on any atom is -0.496 e. The van der Waals surface area contributed by atoms with Gasteiger partial charge in [0.1, 0.15) is 5.75 Å². The zero-order valence-electron chi connectivity index (χ0n) is 11.1. The molecule has 1 amide bonds. The monoisotopic (exact) mass is 410 g/mol. The fourth-order valence-corrected chi connectivity index (χ4v) is 2.58. The summed E-state index contributed by atoms with van der Waals surface area (Å²) in [4.78, 5) is 11.9. The van der Waals surface area contributed by atoms with Gasteiger partial charge in [0.25, 0.3) is 5.91 Å². The van der Waals surface area contributed by atoms with Crippen molar-refractivity contribution in [3.05, 3.63) is 62.5 Å². The lowest BCUT2D eigenvalue weighted by Gasteiger charge is -2.03. The standard InChI is InChI=1S/C15H12Br2N2O2/c1-21-14-6-5-10(7-13(14)17)9-18-19-15(20)11-3-2-4-12(16)8-11/h2-9H,1H3,(H,19,20). The third kappa shape index (κ3) is 4.41. The zero-order chi connectivity index (χ0) is 15.2. The number of hydrogen-bond acceptors (Lipinski definition) is 3. The molecule has 2 aromatic rings. The van der Waals surface area contributed by atoms with Crippen molar-refractivity contribution < 1.29 is 9.53 Å². The lowest BCUT2D eigenvalue weighted by atomic mass is 10.2. The quantitative estimate of drug-likeness (QED) is 0.610. The molecule has 0 fully saturated rings. The highest BCUT2D eigenvalue weighted by Crippen LogP contribution is 2.24. The molecule has 6 heteroatoms. The second kappa shape index (κ2) is 7.38.